The fourth-order valence-corrected chi connectivity index (χ4v) is 3.25. The number of carbonyl (C=O) groups excluding carboxylic acids is 1. The Bertz CT molecular complexity index is 332. The molecule has 2 amide bonds. The monoisotopic (exact) mass is 254 g/mol. The Morgan fingerprint density at radius 1 is 1.28 bits per heavy atom. The van der Waals surface area contributed by atoms with E-state index in [0.717, 1.165) is 18.4 Å². The normalized spacial score (nSPS) is 31.1. The van der Waals surface area contributed by atoms with Crippen LogP contribution in [0, 0.1) is 23.7 Å². The molecular weight excluding hydrogens is 232 g/mol. The van der Waals surface area contributed by atoms with Crippen molar-refractivity contribution in [2.75, 3.05) is 13.1 Å². The van der Waals surface area contributed by atoms with E-state index >= 15 is 0 Å². The zero-order chi connectivity index (χ0) is 13.1. The lowest BCUT2D eigenvalue weighted by molar-refractivity contribution is -0.140. The number of urea groups is 1. The first kappa shape index (κ1) is 13.2. The van der Waals surface area contributed by atoms with Gasteiger partial charge in [0.2, 0.25) is 0 Å². The Morgan fingerprint density at radius 3 is 2.61 bits per heavy atom. The van der Waals surface area contributed by atoms with E-state index in [-0.39, 0.29) is 12.6 Å². The number of carbonyl (C=O) groups is 2. The molecule has 0 heterocycles. The molecule has 2 bridgehead atoms. The summed E-state index contributed by atoms with van der Waals surface area (Å²) in [6, 6.07) is -0.245. The van der Waals surface area contributed by atoms with Crippen LogP contribution in [0.3, 0.4) is 0 Å². The third kappa shape index (κ3) is 3.15. The molecule has 4 unspecified atom stereocenters. The minimum atomic E-state index is -0.886. The van der Waals surface area contributed by atoms with Crippen LogP contribution < -0.4 is 10.6 Å². The lowest BCUT2D eigenvalue weighted by atomic mass is 9.89. The van der Waals surface area contributed by atoms with E-state index in [1.165, 1.54) is 25.7 Å². The number of nitrogens with one attached hydrogen (secondary N) is 2. The van der Waals surface area contributed by atoms with Crippen LogP contribution in [0.15, 0.2) is 0 Å². The minimum Gasteiger partial charge on any atom is -0.481 e. The quantitative estimate of drug-likeness (QED) is 0.694. The van der Waals surface area contributed by atoms with Gasteiger partial charge in [-0.05, 0) is 37.0 Å². The molecule has 2 saturated carbocycles. The van der Waals surface area contributed by atoms with Gasteiger partial charge in [-0.15, -0.1) is 0 Å². The lowest BCUT2D eigenvalue weighted by Crippen LogP contribution is -2.41. The Kier molecular flexibility index (Phi) is 4.09. The Labute approximate surface area is 107 Å². The third-order valence-electron chi connectivity index (χ3n) is 4.40. The molecule has 0 aromatic heterocycles. The molecule has 2 aliphatic rings. The predicted octanol–water partition coefficient (Wildman–Crippen LogP) is 1.44. The maximum absolute atomic E-state index is 11.5. The summed E-state index contributed by atoms with van der Waals surface area (Å²) in [5, 5.41) is 14.2. The third-order valence-corrected chi connectivity index (χ3v) is 4.40. The molecule has 0 aliphatic heterocycles. The molecule has 2 fully saturated rings. The standard InChI is InChI=1S/C13H22N2O3/c1-8(12(16)17)6-14-13(18)15-7-11-5-9-2-3-10(11)4-9/h8-11H,2-7H2,1H3,(H,16,17)(H2,14,15,18). The highest BCUT2D eigenvalue weighted by Gasteiger charge is 2.39. The van der Waals surface area contributed by atoms with Gasteiger partial charge in [0.25, 0.3) is 0 Å². The highest BCUT2D eigenvalue weighted by Crippen LogP contribution is 2.47. The van der Waals surface area contributed by atoms with Crippen LogP contribution in [0.4, 0.5) is 4.79 Å². The molecule has 18 heavy (non-hydrogen) atoms. The first-order chi connectivity index (χ1) is 8.56. The SMILES string of the molecule is CC(CNC(=O)NCC1CC2CCC1C2)C(=O)O. The summed E-state index contributed by atoms with van der Waals surface area (Å²) >= 11 is 0. The number of carboxylic acid groups (broad SMARTS) is 1. The van der Waals surface area contributed by atoms with Crippen LogP contribution >= 0.6 is 0 Å². The molecule has 0 saturated heterocycles. The van der Waals surface area contributed by atoms with Gasteiger partial charge in [-0.1, -0.05) is 13.3 Å². The number of aliphatic carboxylic acids is 1. The maximum Gasteiger partial charge on any atom is 0.314 e. The van der Waals surface area contributed by atoms with Gasteiger partial charge >= 0.3 is 12.0 Å². The van der Waals surface area contributed by atoms with Gasteiger partial charge in [0.05, 0.1) is 5.92 Å². The Morgan fingerprint density at radius 2 is 2.06 bits per heavy atom. The van der Waals surface area contributed by atoms with Gasteiger partial charge in [0, 0.05) is 13.1 Å². The summed E-state index contributed by atoms with van der Waals surface area (Å²) in [4.78, 5) is 22.1. The van der Waals surface area contributed by atoms with E-state index in [2.05, 4.69) is 10.6 Å². The average molecular weight is 254 g/mol. The van der Waals surface area contributed by atoms with Gasteiger partial charge in [-0.3, -0.25) is 4.79 Å². The van der Waals surface area contributed by atoms with Crippen molar-refractivity contribution >= 4 is 12.0 Å². The molecular formula is C13H22N2O3. The van der Waals surface area contributed by atoms with Crippen LogP contribution in [0.1, 0.15) is 32.6 Å². The topological polar surface area (TPSA) is 78.4 Å². The van der Waals surface area contributed by atoms with E-state index in [1.807, 2.05) is 0 Å². The predicted molar refractivity (Wildman–Crippen MR) is 67.1 cm³/mol. The highest BCUT2D eigenvalue weighted by molar-refractivity contribution is 5.75. The smallest absolute Gasteiger partial charge is 0.314 e. The summed E-state index contributed by atoms with van der Waals surface area (Å²) in [5.74, 6) is 0.887. The van der Waals surface area contributed by atoms with E-state index in [4.69, 9.17) is 5.11 Å². The lowest BCUT2D eigenvalue weighted by Gasteiger charge is -2.22. The number of hydrogen-bond acceptors (Lipinski definition) is 2. The molecule has 4 atom stereocenters. The van der Waals surface area contributed by atoms with Gasteiger partial charge in [0.1, 0.15) is 0 Å². The van der Waals surface area contributed by atoms with Gasteiger partial charge in [0.15, 0.2) is 0 Å². The summed E-state index contributed by atoms with van der Waals surface area (Å²) in [7, 11) is 0. The molecule has 2 rings (SSSR count). The molecule has 0 spiro atoms. The van der Waals surface area contributed by atoms with Crippen LogP contribution in [0.2, 0.25) is 0 Å². The molecule has 0 aromatic carbocycles. The van der Waals surface area contributed by atoms with Crippen LogP contribution in [0.25, 0.3) is 0 Å². The first-order valence-electron chi connectivity index (χ1n) is 6.80. The van der Waals surface area contributed by atoms with Crippen molar-refractivity contribution in [2.24, 2.45) is 23.7 Å². The number of hydrogen-bond donors (Lipinski definition) is 3. The molecule has 0 radical (unpaired) electrons. The molecule has 102 valence electrons. The first-order valence-corrected chi connectivity index (χ1v) is 6.80. The van der Waals surface area contributed by atoms with Crippen LogP contribution in [-0.2, 0) is 4.79 Å². The van der Waals surface area contributed by atoms with Crippen molar-refractivity contribution in [3.05, 3.63) is 0 Å². The second-order valence-corrected chi connectivity index (χ2v) is 5.77. The summed E-state index contributed by atoms with van der Waals surface area (Å²) in [5.41, 5.74) is 0. The summed E-state index contributed by atoms with van der Waals surface area (Å²) in [6.45, 7) is 2.49. The maximum atomic E-state index is 11.5. The Hall–Kier alpha value is -1.26. The van der Waals surface area contributed by atoms with Crippen molar-refractivity contribution in [3.8, 4) is 0 Å². The number of fused-ring (bicyclic) bond motifs is 2. The summed E-state index contributed by atoms with van der Waals surface area (Å²) < 4.78 is 0. The number of carboxylic acids is 1. The van der Waals surface area contributed by atoms with Crippen LogP contribution in [0.5, 0.6) is 0 Å². The zero-order valence-electron chi connectivity index (χ0n) is 10.8. The molecule has 5 nitrogen and oxygen atoms in total. The van der Waals surface area contributed by atoms with Crippen molar-refractivity contribution in [1.82, 2.24) is 10.6 Å². The molecule has 2 aliphatic carbocycles. The van der Waals surface area contributed by atoms with E-state index in [1.54, 1.807) is 6.92 Å². The highest BCUT2D eigenvalue weighted by atomic mass is 16.4. The molecule has 3 N–H and O–H groups in total. The van der Waals surface area contributed by atoms with E-state index < -0.39 is 11.9 Å². The molecule has 0 aromatic rings. The van der Waals surface area contributed by atoms with Crippen molar-refractivity contribution in [2.45, 2.75) is 32.6 Å². The largest absolute Gasteiger partial charge is 0.481 e. The van der Waals surface area contributed by atoms with Crippen molar-refractivity contribution in [3.63, 3.8) is 0 Å². The Balaban J connectivity index is 1.62. The fourth-order valence-electron chi connectivity index (χ4n) is 3.25. The van der Waals surface area contributed by atoms with Gasteiger partial charge in [-0.2, -0.15) is 0 Å². The zero-order valence-corrected chi connectivity index (χ0v) is 10.8. The van der Waals surface area contributed by atoms with Crippen molar-refractivity contribution in [1.29, 1.82) is 0 Å². The average Bonchev–Trinajstić information content (AvgIpc) is 2.95. The number of rotatable bonds is 5. The van der Waals surface area contributed by atoms with Gasteiger partial charge < -0.3 is 15.7 Å². The van der Waals surface area contributed by atoms with Crippen LogP contribution in [-0.4, -0.2) is 30.2 Å². The summed E-state index contributed by atoms with van der Waals surface area (Å²) in [6.07, 6.45) is 5.26. The van der Waals surface area contributed by atoms with E-state index in [0.29, 0.717) is 5.92 Å². The van der Waals surface area contributed by atoms with Gasteiger partial charge in [-0.25, -0.2) is 4.79 Å². The van der Waals surface area contributed by atoms with Crippen molar-refractivity contribution < 1.29 is 14.7 Å². The second-order valence-electron chi connectivity index (χ2n) is 5.77. The minimum absolute atomic E-state index is 0.178. The number of amides is 2. The fraction of sp³-hybridized carbons (Fsp3) is 0.846. The van der Waals surface area contributed by atoms with E-state index in [9.17, 15) is 9.59 Å². The molecule has 5 heteroatoms. The second kappa shape index (κ2) is 5.59.